The number of thiazole rings is 1. The summed E-state index contributed by atoms with van der Waals surface area (Å²) in [6.07, 6.45) is 1.00. The Morgan fingerprint density at radius 2 is 2.12 bits per heavy atom. The molecule has 0 bridgehead atoms. The molecular weight excluding hydrogens is 324 g/mol. The molecule has 3 aromatic rings. The zero-order valence-electron chi connectivity index (χ0n) is 13.3. The Labute approximate surface area is 143 Å². The summed E-state index contributed by atoms with van der Waals surface area (Å²) in [5.41, 5.74) is 7.49. The van der Waals surface area contributed by atoms with Gasteiger partial charge < -0.3 is 15.6 Å². The molecule has 0 atom stereocenters. The van der Waals surface area contributed by atoms with Crippen molar-refractivity contribution in [2.45, 2.75) is 19.9 Å². The lowest BCUT2D eigenvalue weighted by atomic mass is 10.2. The number of para-hydroxylation sites is 1. The molecule has 7 heteroatoms. The summed E-state index contributed by atoms with van der Waals surface area (Å²) in [6, 6.07) is 10.3. The van der Waals surface area contributed by atoms with Crippen LogP contribution in [0.25, 0.3) is 21.6 Å². The number of rotatable bonds is 6. The third-order valence-electron chi connectivity index (χ3n) is 3.64. The molecule has 3 N–H and O–H groups in total. The average Bonchev–Trinajstić information content (AvgIpc) is 3.18. The molecule has 6 nitrogen and oxygen atoms in total. The molecule has 0 aliphatic rings. The number of amides is 2. The molecule has 2 heterocycles. The van der Waals surface area contributed by atoms with Gasteiger partial charge in [0.2, 0.25) is 5.91 Å². The van der Waals surface area contributed by atoms with E-state index in [0.29, 0.717) is 5.69 Å². The first-order chi connectivity index (χ1) is 11.6. The van der Waals surface area contributed by atoms with Gasteiger partial charge in [-0.25, -0.2) is 4.98 Å². The van der Waals surface area contributed by atoms with Crippen molar-refractivity contribution in [2.24, 2.45) is 5.73 Å². The van der Waals surface area contributed by atoms with E-state index in [4.69, 9.17) is 5.73 Å². The highest BCUT2D eigenvalue weighted by Crippen LogP contribution is 2.30. The first kappa shape index (κ1) is 16.2. The van der Waals surface area contributed by atoms with Crippen LogP contribution in [0.1, 0.15) is 23.8 Å². The predicted molar refractivity (Wildman–Crippen MR) is 94.9 cm³/mol. The standard InChI is InChI=1S/C17H18N4O2S/c1-2-7-21-13-6-4-3-5-11(13)8-14(21)17-20-12(10-24-17)16(23)19-9-15(18)22/h3-6,8,10H,2,7,9H2,1H3,(H2,18,22)(H,19,23). The lowest BCUT2D eigenvalue weighted by molar-refractivity contribution is -0.117. The smallest absolute Gasteiger partial charge is 0.271 e. The molecule has 2 amide bonds. The number of primary amides is 1. The van der Waals surface area contributed by atoms with E-state index in [-0.39, 0.29) is 6.54 Å². The fourth-order valence-electron chi connectivity index (χ4n) is 2.61. The summed E-state index contributed by atoms with van der Waals surface area (Å²) in [4.78, 5) is 27.2. The van der Waals surface area contributed by atoms with E-state index < -0.39 is 11.8 Å². The average molecular weight is 342 g/mol. The van der Waals surface area contributed by atoms with Crippen molar-refractivity contribution in [3.05, 3.63) is 41.4 Å². The zero-order chi connectivity index (χ0) is 17.1. The molecule has 2 aromatic heterocycles. The van der Waals surface area contributed by atoms with Gasteiger partial charge in [-0.1, -0.05) is 25.1 Å². The summed E-state index contributed by atoms with van der Waals surface area (Å²) in [5.74, 6) is -0.976. The van der Waals surface area contributed by atoms with Gasteiger partial charge in [-0.3, -0.25) is 9.59 Å². The highest BCUT2D eigenvalue weighted by Gasteiger charge is 2.16. The molecule has 0 unspecified atom stereocenters. The Morgan fingerprint density at radius 3 is 2.88 bits per heavy atom. The van der Waals surface area contributed by atoms with E-state index in [9.17, 15) is 9.59 Å². The van der Waals surface area contributed by atoms with Crippen LogP contribution in [0, 0.1) is 0 Å². The number of nitrogens with two attached hydrogens (primary N) is 1. The molecule has 124 valence electrons. The molecule has 3 rings (SSSR count). The van der Waals surface area contributed by atoms with Crippen molar-refractivity contribution < 1.29 is 9.59 Å². The van der Waals surface area contributed by atoms with E-state index in [1.165, 1.54) is 11.3 Å². The normalized spacial score (nSPS) is 10.9. The summed E-state index contributed by atoms with van der Waals surface area (Å²) < 4.78 is 2.22. The molecule has 0 aliphatic carbocycles. The van der Waals surface area contributed by atoms with E-state index in [2.05, 4.69) is 40.0 Å². The minimum atomic E-state index is -0.582. The summed E-state index contributed by atoms with van der Waals surface area (Å²) in [7, 11) is 0. The molecular formula is C17H18N4O2S. The molecule has 0 radical (unpaired) electrons. The summed E-state index contributed by atoms with van der Waals surface area (Å²) in [5, 5.41) is 6.08. The van der Waals surface area contributed by atoms with Crippen molar-refractivity contribution in [2.75, 3.05) is 6.54 Å². The van der Waals surface area contributed by atoms with Crippen LogP contribution in [0.2, 0.25) is 0 Å². The fraction of sp³-hybridized carbons (Fsp3) is 0.235. The van der Waals surface area contributed by atoms with Crippen molar-refractivity contribution in [3.8, 4) is 10.7 Å². The van der Waals surface area contributed by atoms with Crippen LogP contribution in [0.4, 0.5) is 0 Å². The number of benzene rings is 1. The van der Waals surface area contributed by atoms with Crippen LogP contribution in [0.3, 0.4) is 0 Å². The van der Waals surface area contributed by atoms with Crippen molar-refractivity contribution in [3.63, 3.8) is 0 Å². The number of nitrogens with one attached hydrogen (secondary N) is 1. The van der Waals surface area contributed by atoms with Crippen LogP contribution < -0.4 is 11.1 Å². The maximum absolute atomic E-state index is 12.0. The number of aromatic nitrogens is 2. The zero-order valence-corrected chi connectivity index (χ0v) is 14.1. The van der Waals surface area contributed by atoms with E-state index in [1.54, 1.807) is 5.38 Å². The highest BCUT2D eigenvalue weighted by atomic mass is 32.1. The Bertz CT molecular complexity index is 897. The van der Waals surface area contributed by atoms with Gasteiger partial charge in [0.05, 0.1) is 12.2 Å². The summed E-state index contributed by atoms with van der Waals surface area (Å²) in [6.45, 7) is 2.82. The van der Waals surface area contributed by atoms with Crippen LogP contribution in [0.15, 0.2) is 35.7 Å². The largest absolute Gasteiger partial charge is 0.368 e. The van der Waals surface area contributed by atoms with Crippen LogP contribution in [-0.2, 0) is 11.3 Å². The maximum atomic E-state index is 12.0. The van der Waals surface area contributed by atoms with Gasteiger partial charge in [0.15, 0.2) is 0 Å². The molecule has 0 fully saturated rings. The second kappa shape index (κ2) is 6.84. The number of fused-ring (bicyclic) bond motifs is 1. The third-order valence-corrected chi connectivity index (χ3v) is 4.50. The Morgan fingerprint density at radius 1 is 1.33 bits per heavy atom. The minimum Gasteiger partial charge on any atom is -0.368 e. The number of nitrogens with zero attached hydrogens (tertiary/aromatic N) is 2. The Hall–Kier alpha value is -2.67. The molecule has 0 saturated carbocycles. The van der Waals surface area contributed by atoms with Gasteiger partial charge in [0.25, 0.3) is 5.91 Å². The Balaban J connectivity index is 1.95. The maximum Gasteiger partial charge on any atom is 0.271 e. The monoisotopic (exact) mass is 342 g/mol. The van der Waals surface area contributed by atoms with Crippen LogP contribution in [-0.4, -0.2) is 27.9 Å². The van der Waals surface area contributed by atoms with Crippen molar-refractivity contribution in [1.82, 2.24) is 14.9 Å². The third kappa shape index (κ3) is 3.16. The van der Waals surface area contributed by atoms with Crippen molar-refractivity contribution >= 4 is 34.1 Å². The number of carbonyl (C=O) groups is 2. The van der Waals surface area contributed by atoms with Gasteiger partial charge in [-0.05, 0) is 18.6 Å². The second-order valence-corrected chi connectivity index (χ2v) is 6.29. The van der Waals surface area contributed by atoms with Gasteiger partial charge in [-0.15, -0.1) is 11.3 Å². The second-order valence-electron chi connectivity index (χ2n) is 5.43. The lowest BCUT2D eigenvalue weighted by Crippen LogP contribution is -2.33. The first-order valence-electron chi connectivity index (χ1n) is 7.70. The molecule has 1 aromatic carbocycles. The van der Waals surface area contributed by atoms with E-state index >= 15 is 0 Å². The molecule has 0 saturated heterocycles. The lowest BCUT2D eigenvalue weighted by Gasteiger charge is -2.07. The van der Waals surface area contributed by atoms with Gasteiger partial charge in [0.1, 0.15) is 10.7 Å². The molecule has 0 aliphatic heterocycles. The van der Waals surface area contributed by atoms with Gasteiger partial charge in [-0.2, -0.15) is 0 Å². The fourth-order valence-corrected chi connectivity index (χ4v) is 3.43. The van der Waals surface area contributed by atoms with Gasteiger partial charge >= 0.3 is 0 Å². The molecule has 24 heavy (non-hydrogen) atoms. The van der Waals surface area contributed by atoms with E-state index in [0.717, 1.165) is 34.6 Å². The summed E-state index contributed by atoms with van der Waals surface area (Å²) >= 11 is 1.41. The number of hydrogen-bond donors (Lipinski definition) is 2. The van der Waals surface area contributed by atoms with Crippen LogP contribution >= 0.6 is 11.3 Å². The predicted octanol–water partition coefficient (Wildman–Crippen LogP) is 2.39. The minimum absolute atomic E-state index is 0.193. The molecule has 0 spiro atoms. The number of aryl methyl sites for hydroxylation is 1. The van der Waals surface area contributed by atoms with E-state index in [1.807, 2.05) is 12.1 Å². The highest BCUT2D eigenvalue weighted by molar-refractivity contribution is 7.13. The quantitative estimate of drug-likeness (QED) is 0.721. The Kier molecular flexibility index (Phi) is 4.61. The topological polar surface area (TPSA) is 90.0 Å². The first-order valence-corrected chi connectivity index (χ1v) is 8.58. The van der Waals surface area contributed by atoms with Gasteiger partial charge in [0, 0.05) is 22.8 Å². The number of hydrogen-bond acceptors (Lipinski definition) is 4. The van der Waals surface area contributed by atoms with Crippen molar-refractivity contribution in [1.29, 1.82) is 0 Å². The van der Waals surface area contributed by atoms with Crippen LogP contribution in [0.5, 0.6) is 0 Å². The number of carbonyl (C=O) groups excluding carboxylic acids is 2. The SMILES string of the molecule is CCCn1c(-c2nc(C(=O)NCC(N)=O)cs2)cc2ccccc21.